The summed E-state index contributed by atoms with van der Waals surface area (Å²) < 4.78 is 28.9. The molecule has 0 bridgehead atoms. The highest BCUT2D eigenvalue weighted by Gasteiger charge is 2.10. The number of nitrogens with one attached hydrogen (secondary N) is 1. The summed E-state index contributed by atoms with van der Waals surface area (Å²) in [7, 11) is 0. The fraction of sp³-hybridized carbons (Fsp3) is 0.118. The largest absolute Gasteiger partial charge is 0.433 e. The summed E-state index contributed by atoms with van der Waals surface area (Å²) in [6.07, 6.45) is 2.99. The van der Waals surface area contributed by atoms with E-state index in [4.69, 9.17) is 0 Å². The number of benzene rings is 2. The summed E-state index contributed by atoms with van der Waals surface area (Å²) in [4.78, 5) is 11.9. The zero-order valence-corrected chi connectivity index (χ0v) is 11.9. The second kappa shape index (κ2) is 7.36. The Morgan fingerprint density at radius 3 is 2.68 bits per heavy atom. The summed E-state index contributed by atoms with van der Waals surface area (Å²) in [6.45, 7) is -0.990. The van der Waals surface area contributed by atoms with Crippen LogP contribution in [0.1, 0.15) is 11.1 Å². The molecule has 114 valence electrons. The van der Waals surface area contributed by atoms with Crippen molar-refractivity contribution in [1.29, 1.82) is 0 Å². The first-order valence-corrected chi connectivity index (χ1v) is 6.64. The Bertz CT molecular complexity index is 684. The van der Waals surface area contributed by atoms with E-state index in [0.29, 0.717) is 0 Å². The van der Waals surface area contributed by atoms with Gasteiger partial charge in [0.25, 0.3) is 0 Å². The second-order valence-electron chi connectivity index (χ2n) is 4.61. The Hall–Kier alpha value is -2.69. The number of carbonyl (C=O) groups is 1. The normalized spacial score (nSPS) is 10.9. The van der Waals surface area contributed by atoms with Gasteiger partial charge in [-0.2, -0.15) is 8.78 Å². The average Bonchev–Trinajstić information content (AvgIpc) is 2.47. The van der Waals surface area contributed by atoms with Crippen molar-refractivity contribution in [3.63, 3.8) is 0 Å². The van der Waals surface area contributed by atoms with Crippen LogP contribution in [-0.4, -0.2) is 12.5 Å². The van der Waals surface area contributed by atoms with Crippen LogP contribution >= 0.6 is 0 Å². The highest BCUT2D eigenvalue weighted by molar-refractivity contribution is 6.02. The number of hydrogen-bond donors (Lipinski definition) is 1. The molecule has 1 amide bonds. The molecule has 2 aromatic carbocycles. The van der Waals surface area contributed by atoms with Gasteiger partial charge >= 0.3 is 6.61 Å². The molecule has 2 aromatic rings. The van der Waals surface area contributed by atoms with Crippen LogP contribution in [0.2, 0.25) is 0 Å². The lowest BCUT2D eigenvalue weighted by atomic mass is 10.1. The van der Waals surface area contributed by atoms with E-state index in [0.717, 1.165) is 11.1 Å². The second-order valence-corrected chi connectivity index (χ2v) is 4.61. The predicted molar refractivity (Wildman–Crippen MR) is 81.9 cm³/mol. The van der Waals surface area contributed by atoms with Crippen molar-refractivity contribution in [3.05, 3.63) is 65.7 Å². The van der Waals surface area contributed by atoms with Gasteiger partial charge in [0.1, 0.15) is 5.75 Å². The fourth-order valence-electron chi connectivity index (χ4n) is 1.89. The van der Waals surface area contributed by atoms with Crippen molar-refractivity contribution in [2.75, 3.05) is 5.32 Å². The minimum atomic E-state index is -2.94. The molecule has 0 aliphatic carbocycles. The maximum absolute atomic E-state index is 12.3. The molecule has 0 heterocycles. The van der Waals surface area contributed by atoms with Gasteiger partial charge in [-0.15, -0.1) is 0 Å². The third kappa shape index (κ3) is 4.70. The van der Waals surface area contributed by atoms with Gasteiger partial charge in [-0.3, -0.25) is 4.79 Å². The smallest absolute Gasteiger partial charge is 0.387 e. The highest BCUT2D eigenvalue weighted by Crippen LogP contribution is 2.25. The molecule has 0 aromatic heterocycles. The van der Waals surface area contributed by atoms with E-state index in [1.807, 2.05) is 31.2 Å². The van der Waals surface area contributed by atoms with Gasteiger partial charge in [0.05, 0.1) is 5.69 Å². The number of alkyl halides is 2. The van der Waals surface area contributed by atoms with Gasteiger partial charge in [-0.25, -0.2) is 0 Å². The first kappa shape index (κ1) is 15.7. The van der Waals surface area contributed by atoms with Crippen molar-refractivity contribution in [2.24, 2.45) is 0 Å². The number of para-hydroxylation sites is 2. The number of rotatable bonds is 5. The van der Waals surface area contributed by atoms with Crippen molar-refractivity contribution in [1.82, 2.24) is 0 Å². The summed E-state index contributed by atoms with van der Waals surface area (Å²) in [6, 6.07) is 13.7. The van der Waals surface area contributed by atoms with Gasteiger partial charge in [0, 0.05) is 6.08 Å². The monoisotopic (exact) mass is 303 g/mol. The summed E-state index contributed by atoms with van der Waals surface area (Å²) in [5.41, 5.74) is 2.16. The molecule has 0 unspecified atom stereocenters. The molecule has 0 saturated heterocycles. The Labute approximate surface area is 127 Å². The Morgan fingerprint density at radius 1 is 1.18 bits per heavy atom. The van der Waals surface area contributed by atoms with Crippen molar-refractivity contribution in [3.8, 4) is 5.75 Å². The third-order valence-electron chi connectivity index (χ3n) is 2.83. The van der Waals surface area contributed by atoms with Gasteiger partial charge < -0.3 is 10.1 Å². The average molecular weight is 303 g/mol. The van der Waals surface area contributed by atoms with E-state index < -0.39 is 12.5 Å². The molecular formula is C17H15F2NO2. The van der Waals surface area contributed by atoms with E-state index in [2.05, 4.69) is 10.1 Å². The standard InChI is InChI=1S/C17H15F2NO2/c1-12-5-4-6-13(11-12)9-10-16(21)20-14-7-2-3-8-15(14)22-17(18)19/h2-11,17H,1H3,(H,20,21)/b10-9+. The fourth-order valence-corrected chi connectivity index (χ4v) is 1.89. The number of hydrogen-bond acceptors (Lipinski definition) is 2. The van der Waals surface area contributed by atoms with Crippen molar-refractivity contribution in [2.45, 2.75) is 13.5 Å². The molecule has 0 radical (unpaired) electrons. The SMILES string of the molecule is Cc1cccc(/C=C/C(=O)Nc2ccccc2OC(F)F)c1. The summed E-state index contributed by atoms with van der Waals surface area (Å²) in [5.74, 6) is -0.498. The molecule has 0 aliphatic rings. The molecule has 0 fully saturated rings. The lowest BCUT2D eigenvalue weighted by Crippen LogP contribution is -2.11. The van der Waals surface area contributed by atoms with Crippen LogP contribution < -0.4 is 10.1 Å². The van der Waals surface area contributed by atoms with E-state index in [1.165, 1.54) is 18.2 Å². The van der Waals surface area contributed by atoms with E-state index in [-0.39, 0.29) is 11.4 Å². The van der Waals surface area contributed by atoms with Crippen LogP contribution in [0.5, 0.6) is 5.75 Å². The Balaban J connectivity index is 2.06. The molecule has 22 heavy (non-hydrogen) atoms. The molecular weight excluding hydrogens is 288 g/mol. The first-order valence-electron chi connectivity index (χ1n) is 6.64. The molecule has 0 spiro atoms. The molecule has 0 atom stereocenters. The number of halogens is 2. The quantitative estimate of drug-likeness (QED) is 0.839. The van der Waals surface area contributed by atoms with Gasteiger partial charge in [-0.1, -0.05) is 42.0 Å². The van der Waals surface area contributed by atoms with Gasteiger partial charge in [0.2, 0.25) is 5.91 Å². The number of amides is 1. The van der Waals surface area contributed by atoms with Crippen molar-refractivity contribution < 1.29 is 18.3 Å². The third-order valence-corrected chi connectivity index (χ3v) is 2.83. The topological polar surface area (TPSA) is 38.3 Å². The zero-order valence-electron chi connectivity index (χ0n) is 11.9. The molecule has 1 N–H and O–H groups in total. The van der Waals surface area contributed by atoms with E-state index >= 15 is 0 Å². The van der Waals surface area contributed by atoms with Crippen molar-refractivity contribution >= 4 is 17.7 Å². The van der Waals surface area contributed by atoms with Crippen LogP contribution in [-0.2, 0) is 4.79 Å². The summed E-state index contributed by atoms with van der Waals surface area (Å²) >= 11 is 0. The lowest BCUT2D eigenvalue weighted by Gasteiger charge is -2.10. The lowest BCUT2D eigenvalue weighted by molar-refractivity contribution is -0.111. The predicted octanol–water partition coefficient (Wildman–Crippen LogP) is 4.25. The van der Waals surface area contributed by atoms with Gasteiger partial charge in [-0.05, 0) is 30.7 Å². The molecule has 3 nitrogen and oxygen atoms in total. The number of ether oxygens (including phenoxy) is 1. The van der Waals surface area contributed by atoms with Crippen LogP contribution in [0.25, 0.3) is 6.08 Å². The van der Waals surface area contributed by atoms with Crippen LogP contribution in [0.3, 0.4) is 0 Å². The highest BCUT2D eigenvalue weighted by atomic mass is 19.3. The number of carbonyl (C=O) groups excluding carboxylic acids is 1. The molecule has 2 rings (SSSR count). The minimum Gasteiger partial charge on any atom is -0.433 e. The maximum atomic E-state index is 12.3. The Kier molecular flexibility index (Phi) is 5.25. The van der Waals surface area contributed by atoms with Gasteiger partial charge in [0.15, 0.2) is 0 Å². The molecule has 0 saturated carbocycles. The maximum Gasteiger partial charge on any atom is 0.387 e. The minimum absolute atomic E-state index is 0.0743. The van der Waals surface area contributed by atoms with E-state index in [9.17, 15) is 13.6 Å². The molecule has 5 heteroatoms. The zero-order chi connectivity index (χ0) is 15.9. The number of aryl methyl sites for hydroxylation is 1. The van der Waals surface area contributed by atoms with Crippen LogP contribution in [0, 0.1) is 6.92 Å². The van der Waals surface area contributed by atoms with E-state index in [1.54, 1.807) is 18.2 Å². The Morgan fingerprint density at radius 2 is 1.95 bits per heavy atom. The van der Waals surface area contributed by atoms with Crippen LogP contribution in [0.4, 0.5) is 14.5 Å². The van der Waals surface area contributed by atoms with Crippen LogP contribution in [0.15, 0.2) is 54.6 Å². The molecule has 0 aliphatic heterocycles. The summed E-state index contributed by atoms with van der Waals surface area (Å²) in [5, 5.41) is 2.52. The first-order chi connectivity index (χ1) is 10.5. The number of anilines is 1.